The number of anilines is 1. The number of aromatic nitrogens is 3. The molecule has 0 aliphatic rings. The largest absolute Gasteiger partial charge is 0.478 e. The Morgan fingerprint density at radius 3 is 2.62 bits per heavy atom. The van der Waals surface area contributed by atoms with Gasteiger partial charge in [-0.15, -0.1) is 5.10 Å². The van der Waals surface area contributed by atoms with E-state index in [9.17, 15) is 13.2 Å². The zero-order valence-corrected chi connectivity index (χ0v) is 13.6. The molecule has 11 heteroatoms. The minimum atomic E-state index is -4.00. The third-order valence-corrected chi connectivity index (χ3v) is 4.87. The minimum Gasteiger partial charge on any atom is -0.478 e. The van der Waals surface area contributed by atoms with Crippen LogP contribution >= 0.6 is 27.5 Å². The van der Waals surface area contributed by atoms with Gasteiger partial charge in [-0.2, -0.15) is 8.42 Å². The van der Waals surface area contributed by atoms with Gasteiger partial charge in [0, 0.05) is 12.1 Å². The van der Waals surface area contributed by atoms with Gasteiger partial charge in [0.15, 0.2) is 4.60 Å². The van der Waals surface area contributed by atoms with Gasteiger partial charge in [-0.3, -0.25) is 4.72 Å². The number of benzene rings is 1. The van der Waals surface area contributed by atoms with E-state index in [1.54, 1.807) is 0 Å². The SMILES string of the molecule is Cn1nnc(Br)c1S(=O)(=O)Nc1cc(Cl)cc(C(=O)O)c1. The van der Waals surface area contributed by atoms with Crippen LogP contribution in [0.2, 0.25) is 5.02 Å². The predicted octanol–water partition coefficient (Wildman–Crippen LogP) is 1.73. The molecule has 21 heavy (non-hydrogen) atoms. The second-order valence-corrected chi connectivity index (χ2v) is 6.73. The fourth-order valence-electron chi connectivity index (χ4n) is 1.58. The highest BCUT2D eigenvalue weighted by atomic mass is 79.9. The number of aromatic carboxylic acids is 1. The first-order valence-electron chi connectivity index (χ1n) is 5.32. The van der Waals surface area contributed by atoms with Gasteiger partial charge >= 0.3 is 5.97 Å². The first-order valence-corrected chi connectivity index (χ1v) is 7.98. The molecule has 0 amide bonds. The number of nitrogens with zero attached hydrogens (tertiary/aromatic N) is 3. The molecule has 1 aromatic carbocycles. The summed E-state index contributed by atoms with van der Waals surface area (Å²) in [4.78, 5) is 10.9. The lowest BCUT2D eigenvalue weighted by Gasteiger charge is -2.09. The molecule has 0 atom stereocenters. The Morgan fingerprint density at radius 2 is 2.10 bits per heavy atom. The number of nitrogens with one attached hydrogen (secondary N) is 1. The fraction of sp³-hybridized carbons (Fsp3) is 0.100. The molecule has 8 nitrogen and oxygen atoms in total. The van der Waals surface area contributed by atoms with E-state index < -0.39 is 16.0 Å². The van der Waals surface area contributed by atoms with Crippen molar-refractivity contribution in [3.05, 3.63) is 33.4 Å². The topological polar surface area (TPSA) is 114 Å². The summed E-state index contributed by atoms with van der Waals surface area (Å²) in [5, 5.41) is 16.0. The first kappa shape index (κ1) is 15.7. The molecule has 0 fully saturated rings. The molecule has 0 saturated heterocycles. The minimum absolute atomic E-state index is 0.0213. The van der Waals surface area contributed by atoms with Crippen LogP contribution in [0.3, 0.4) is 0 Å². The second-order valence-electron chi connectivity index (χ2n) is 3.95. The van der Waals surface area contributed by atoms with E-state index in [4.69, 9.17) is 16.7 Å². The molecule has 0 saturated carbocycles. The molecule has 0 radical (unpaired) electrons. The maximum atomic E-state index is 12.3. The Labute approximate surface area is 132 Å². The molecule has 0 aliphatic heterocycles. The van der Waals surface area contributed by atoms with Gasteiger partial charge in [0.2, 0.25) is 5.03 Å². The lowest BCUT2D eigenvalue weighted by Crippen LogP contribution is -2.17. The van der Waals surface area contributed by atoms with Crippen LogP contribution in [-0.4, -0.2) is 34.5 Å². The second kappa shape index (κ2) is 5.62. The Kier molecular flexibility index (Phi) is 4.21. The molecular formula is C10H8BrClN4O4S. The molecule has 2 aromatic rings. The van der Waals surface area contributed by atoms with Gasteiger partial charge in [0.05, 0.1) is 11.3 Å². The number of halogens is 2. The molecule has 0 aliphatic carbocycles. The average Bonchev–Trinajstić information content (AvgIpc) is 2.68. The van der Waals surface area contributed by atoms with Gasteiger partial charge in [0.25, 0.3) is 10.0 Å². The number of hydrogen-bond acceptors (Lipinski definition) is 5. The van der Waals surface area contributed by atoms with Crippen molar-refractivity contribution in [2.24, 2.45) is 7.05 Å². The van der Waals surface area contributed by atoms with E-state index in [0.29, 0.717) is 0 Å². The normalized spacial score (nSPS) is 11.4. The summed E-state index contributed by atoms with van der Waals surface area (Å²) in [5.41, 5.74) is -0.115. The van der Waals surface area contributed by atoms with Crippen LogP contribution in [0.25, 0.3) is 0 Å². The zero-order valence-electron chi connectivity index (χ0n) is 10.4. The molecule has 2 N–H and O–H groups in total. The number of hydrogen-bond donors (Lipinski definition) is 2. The molecule has 112 valence electrons. The Hall–Kier alpha value is -1.65. The number of carboxylic acid groups (broad SMARTS) is 1. The van der Waals surface area contributed by atoms with Crippen molar-refractivity contribution < 1.29 is 18.3 Å². The van der Waals surface area contributed by atoms with Crippen molar-refractivity contribution in [3.63, 3.8) is 0 Å². The van der Waals surface area contributed by atoms with Crippen LogP contribution in [0.4, 0.5) is 5.69 Å². The summed E-state index contributed by atoms with van der Waals surface area (Å²) in [5.74, 6) is -1.22. The molecule has 1 heterocycles. The lowest BCUT2D eigenvalue weighted by atomic mass is 10.2. The molecule has 0 unspecified atom stereocenters. The van der Waals surface area contributed by atoms with Crippen LogP contribution in [0.1, 0.15) is 10.4 Å². The van der Waals surface area contributed by atoms with Gasteiger partial charge in [0.1, 0.15) is 0 Å². The number of rotatable bonds is 4. The summed E-state index contributed by atoms with van der Waals surface area (Å²) >= 11 is 8.76. The van der Waals surface area contributed by atoms with Gasteiger partial charge < -0.3 is 5.11 Å². The van der Waals surface area contributed by atoms with Crippen LogP contribution < -0.4 is 4.72 Å². The summed E-state index contributed by atoms with van der Waals surface area (Å²) in [6, 6.07) is 3.66. The highest BCUT2D eigenvalue weighted by Crippen LogP contribution is 2.24. The van der Waals surface area contributed by atoms with Crippen molar-refractivity contribution in [3.8, 4) is 0 Å². The van der Waals surface area contributed by atoms with E-state index in [1.807, 2.05) is 0 Å². The first-order chi connectivity index (χ1) is 9.70. The maximum absolute atomic E-state index is 12.3. The predicted molar refractivity (Wildman–Crippen MR) is 77.9 cm³/mol. The smallest absolute Gasteiger partial charge is 0.335 e. The van der Waals surface area contributed by atoms with Gasteiger partial charge in [-0.25, -0.2) is 9.48 Å². The van der Waals surface area contributed by atoms with Crippen molar-refractivity contribution >= 4 is 49.2 Å². The molecule has 1 aromatic heterocycles. The van der Waals surface area contributed by atoms with Crippen LogP contribution in [0.15, 0.2) is 27.8 Å². The number of carboxylic acids is 1. The van der Waals surface area contributed by atoms with Gasteiger partial charge in [-0.05, 0) is 34.1 Å². The quantitative estimate of drug-likeness (QED) is 0.815. The summed E-state index contributed by atoms with van der Waals surface area (Å²) in [6.45, 7) is 0. The fourth-order valence-corrected chi connectivity index (χ4v) is 3.96. The van der Waals surface area contributed by atoms with Crippen molar-refractivity contribution in [1.82, 2.24) is 15.0 Å². The van der Waals surface area contributed by atoms with Crippen molar-refractivity contribution in [2.75, 3.05) is 4.72 Å². The highest BCUT2D eigenvalue weighted by molar-refractivity contribution is 9.10. The summed E-state index contributed by atoms with van der Waals surface area (Å²) in [6.07, 6.45) is 0. The van der Waals surface area contributed by atoms with Gasteiger partial charge in [-0.1, -0.05) is 16.8 Å². The van der Waals surface area contributed by atoms with E-state index in [2.05, 4.69) is 31.0 Å². The Balaban J connectivity index is 2.44. The standard InChI is InChI=1S/C10H8BrClN4O4S/c1-16-9(8(11)13-15-16)21(19,20)14-7-3-5(10(17)18)2-6(12)4-7/h2-4,14H,1H3,(H,17,18). The van der Waals surface area contributed by atoms with E-state index in [-0.39, 0.29) is 25.9 Å². The molecule has 0 bridgehead atoms. The Bertz CT molecular complexity index is 801. The van der Waals surface area contributed by atoms with Crippen LogP contribution in [-0.2, 0) is 17.1 Å². The summed E-state index contributed by atoms with van der Waals surface area (Å²) < 4.78 is 27.9. The number of sulfonamides is 1. The lowest BCUT2D eigenvalue weighted by molar-refractivity contribution is 0.0697. The third-order valence-electron chi connectivity index (χ3n) is 2.39. The maximum Gasteiger partial charge on any atom is 0.335 e. The highest BCUT2D eigenvalue weighted by Gasteiger charge is 2.24. The van der Waals surface area contributed by atoms with E-state index >= 15 is 0 Å². The van der Waals surface area contributed by atoms with Crippen LogP contribution in [0.5, 0.6) is 0 Å². The van der Waals surface area contributed by atoms with Crippen molar-refractivity contribution in [1.29, 1.82) is 0 Å². The number of carbonyl (C=O) groups is 1. The zero-order chi connectivity index (χ0) is 15.8. The average molecular weight is 396 g/mol. The summed E-state index contributed by atoms with van der Waals surface area (Å²) in [7, 11) is -2.59. The molecule has 2 rings (SSSR count). The molecule has 0 spiro atoms. The number of aryl methyl sites for hydroxylation is 1. The van der Waals surface area contributed by atoms with Crippen LogP contribution in [0, 0.1) is 0 Å². The Morgan fingerprint density at radius 1 is 1.43 bits per heavy atom. The van der Waals surface area contributed by atoms with E-state index in [1.165, 1.54) is 19.2 Å². The van der Waals surface area contributed by atoms with Crippen molar-refractivity contribution in [2.45, 2.75) is 5.03 Å². The molecular weight excluding hydrogens is 388 g/mol. The monoisotopic (exact) mass is 394 g/mol. The third kappa shape index (κ3) is 3.34. The van der Waals surface area contributed by atoms with E-state index in [0.717, 1.165) is 10.7 Å².